The number of nitrogens with one attached hydrogen (secondary N) is 1. The number of aromatic nitrogens is 2. The number of hydrogen-bond donors (Lipinski definition) is 2. The molecular weight excluding hydrogens is 274 g/mol. The molecule has 2 aromatic rings. The first kappa shape index (κ1) is 13.1. The Labute approximate surface area is 120 Å². The molecule has 0 aliphatic heterocycles. The van der Waals surface area contributed by atoms with Crippen LogP contribution in [0.25, 0.3) is 0 Å². The second-order valence-electron chi connectivity index (χ2n) is 4.83. The molecule has 20 heavy (non-hydrogen) atoms. The highest BCUT2D eigenvalue weighted by molar-refractivity contribution is 7.15. The number of pyridine rings is 1. The monoisotopic (exact) mass is 289 g/mol. The number of rotatable bonds is 4. The lowest BCUT2D eigenvalue weighted by Crippen LogP contribution is -2.17. The molecule has 104 valence electrons. The van der Waals surface area contributed by atoms with Gasteiger partial charge in [0.1, 0.15) is 5.92 Å². The van der Waals surface area contributed by atoms with Gasteiger partial charge in [0.2, 0.25) is 0 Å². The van der Waals surface area contributed by atoms with E-state index in [4.69, 9.17) is 0 Å². The van der Waals surface area contributed by atoms with E-state index in [1.807, 2.05) is 12.1 Å². The predicted octanol–water partition coefficient (Wildman–Crippen LogP) is 2.65. The summed E-state index contributed by atoms with van der Waals surface area (Å²) in [4.78, 5) is 20.9. The van der Waals surface area contributed by atoms with E-state index in [0.29, 0.717) is 13.0 Å². The van der Waals surface area contributed by atoms with Crippen molar-refractivity contribution < 1.29 is 9.90 Å². The van der Waals surface area contributed by atoms with Gasteiger partial charge in [0.05, 0.1) is 5.69 Å². The summed E-state index contributed by atoms with van der Waals surface area (Å²) in [5, 5.41) is 13.3. The van der Waals surface area contributed by atoms with Gasteiger partial charge in [0.15, 0.2) is 5.13 Å². The van der Waals surface area contributed by atoms with E-state index in [2.05, 4.69) is 15.3 Å². The zero-order valence-corrected chi connectivity index (χ0v) is 11.7. The average molecular weight is 289 g/mol. The van der Waals surface area contributed by atoms with Crippen LogP contribution in [0.3, 0.4) is 0 Å². The van der Waals surface area contributed by atoms with Gasteiger partial charge in [0, 0.05) is 23.8 Å². The SMILES string of the molecule is O=C(O)C1CCCc2sc(NCc3cccnc3)nc21. The van der Waals surface area contributed by atoms with Crippen LogP contribution in [0.5, 0.6) is 0 Å². The molecule has 6 heteroatoms. The van der Waals surface area contributed by atoms with E-state index in [0.717, 1.165) is 34.1 Å². The number of carbonyl (C=O) groups is 1. The molecule has 1 unspecified atom stereocenters. The third-order valence-electron chi connectivity index (χ3n) is 3.42. The maximum absolute atomic E-state index is 11.2. The summed E-state index contributed by atoms with van der Waals surface area (Å²) in [6.07, 6.45) is 6.09. The summed E-state index contributed by atoms with van der Waals surface area (Å²) in [6, 6.07) is 3.89. The smallest absolute Gasteiger partial charge is 0.312 e. The predicted molar refractivity (Wildman–Crippen MR) is 77.0 cm³/mol. The fraction of sp³-hybridized carbons (Fsp3) is 0.357. The van der Waals surface area contributed by atoms with Gasteiger partial charge < -0.3 is 10.4 Å². The molecule has 0 fully saturated rings. The van der Waals surface area contributed by atoms with Crippen LogP contribution < -0.4 is 5.32 Å². The van der Waals surface area contributed by atoms with E-state index in [-0.39, 0.29) is 0 Å². The highest BCUT2D eigenvalue weighted by Gasteiger charge is 2.29. The molecule has 0 saturated carbocycles. The summed E-state index contributed by atoms with van der Waals surface area (Å²) in [5.74, 6) is -1.21. The molecule has 3 rings (SSSR count). The molecule has 0 saturated heterocycles. The number of hydrogen-bond acceptors (Lipinski definition) is 5. The van der Waals surface area contributed by atoms with Gasteiger partial charge in [-0.05, 0) is 30.9 Å². The third kappa shape index (κ3) is 2.65. The van der Waals surface area contributed by atoms with Crippen molar-refractivity contribution in [3.8, 4) is 0 Å². The second-order valence-corrected chi connectivity index (χ2v) is 5.91. The molecule has 0 radical (unpaired) electrons. The van der Waals surface area contributed by atoms with Gasteiger partial charge in [-0.15, -0.1) is 11.3 Å². The number of fused-ring (bicyclic) bond motifs is 1. The standard InChI is InChI=1S/C14H15N3O2S/c18-13(19)10-4-1-5-11-12(10)17-14(20-11)16-8-9-3-2-6-15-7-9/h2-3,6-7,10H,1,4-5,8H2,(H,16,17)(H,18,19). The number of thiazole rings is 1. The first-order valence-corrected chi connectivity index (χ1v) is 7.41. The van der Waals surface area contributed by atoms with E-state index in [9.17, 15) is 9.90 Å². The summed E-state index contributed by atoms with van der Waals surface area (Å²) in [6.45, 7) is 0.651. The Morgan fingerprint density at radius 2 is 2.45 bits per heavy atom. The van der Waals surface area contributed by atoms with Crippen molar-refractivity contribution in [2.75, 3.05) is 5.32 Å². The Morgan fingerprint density at radius 1 is 1.55 bits per heavy atom. The maximum atomic E-state index is 11.2. The molecule has 1 aliphatic rings. The van der Waals surface area contributed by atoms with Crippen LogP contribution in [0.1, 0.15) is 34.9 Å². The van der Waals surface area contributed by atoms with Crippen LogP contribution in [0.4, 0.5) is 5.13 Å². The number of nitrogens with zero attached hydrogens (tertiary/aromatic N) is 2. The van der Waals surface area contributed by atoms with E-state index >= 15 is 0 Å². The van der Waals surface area contributed by atoms with Crippen LogP contribution in [0.2, 0.25) is 0 Å². The Kier molecular flexibility index (Phi) is 3.64. The summed E-state index contributed by atoms with van der Waals surface area (Å²) in [5.41, 5.74) is 1.83. The van der Waals surface area contributed by atoms with Gasteiger partial charge in [-0.2, -0.15) is 0 Å². The Hall–Kier alpha value is -1.95. The lowest BCUT2D eigenvalue weighted by Gasteiger charge is -2.16. The summed E-state index contributed by atoms with van der Waals surface area (Å²) in [7, 11) is 0. The molecule has 0 spiro atoms. The molecule has 0 amide bonds. The normalized spacial score (nSPS) is 17.5. The maximum Gasteiger partial charge on any atom is 0.312 e. The van der Waals surface area contributed by atoms with Crippen LogP contribution >= 0.6 is 11.3 Å². The van der Waals surface area contributed by atoms with Crippen LogP contribution in [-0.2, 0) is 17.8 Å². The van der Waals surface area contributed by atoms with Crippen molar-refractivity contribution in [2.24, 2.45) is 0 Å². The Balaban J connectivity index is 1.74. The largest absolute Gasteiger partial charge is 0.481 e. The lowest BCUT2D eigenvalue weighted by atomic mass is 9.91. The molecule has 0 aromatic carbocycles. The van der Waals surface area contributed by atoms with Gasteiger partial charge in [0.25, 0.3) is 0 Å². The fourth-order valence-electron chi connectivity index (χ4n) is 2.41. The molecule has 5 nitrogen and oxygen atoms in total. The third-order valence-corrected chi connectivity index (χ3v) is 4.51. The van der Waals surface area contributed by atoms with Crippen LogP contribution in [0.15, 0.2) is 24.5 Å². The molecule has 1 atom stereocenters. The van der Waals surface area contributed by atoms with Crippen molar-refractivity contribution in [2.45, 2.75) is 31.7 Å². The quantitative estimate of drug-likeness (QED) is 0.905. The highest BCUT2D eigenvalue weighted by Crippen LogP contribution is 2.36. The number of carboxylic acid groups (broad SMARTS) is 1. The number of carboxylic acids is 1. The highest BCUT2D eigenvalue weighted by atomic mass is 32.1. The zero-order chi connectivity index (χ0) is 13.9. The van der Waals surface area contributed by atoms with Gasteiger partial charge >= 0.3 is 5.97 Å². The minimum absolute atomic E-state index is 0.441. The van der Waals surface area contributed by atoms with Crippen molar-refractivity contribution >= 4 is 22.4 Å². The van der Waals surface area contributed by atoms with Gasteiger partial charge in [-0.25, -0.2) is 4.98 Å². The first-order valence-electron chi connectivity index (χ1n) is 6.59. The molecule has 1 aliphatic carbocycles. The Bertz CT molecular complexity index is 612. The topological polar surface area (TPSA) is 75.1 Å². The molecule has 2 heterocycles. The van der Waals surface area contributed by atoms with E-state index in [1.54, 1.807) is 23.7 Å². The number of aliphatic carboxylic acids is 1. The molecule has 2 aromatic heterocycles. The Morgan fingerprint density at radius 3 is 3.20 bits per heavy atom. The van der Waals surface area contributed by atoms with E-state index < -0.39 is 11.9 Å². The molecular formula is C14H15N3O2S. The summed E-state index contributed by atoms with van der Waals surface area (Å²) >= 11 is 1.57. The first-order chi connectivity index (χ1) is 9.74. The van der Waals surface area contributed by atoms with Crippen molar-refractivity contribution in [3.05, 3.63) is 40.7 Å². The second kappa shape index (κ2) is 5.58. The van der Waals surface area contributed by atoms with Crippen molar-refractivity contribution in [3.63, 3.8) is 0 Å². The van der Waals surface area contributed by atoms with Crippen molar-refractivity contribution in [1.82, 2.24) is 9.97 Å². The van der Waals surface area contributed by atoms with Crippen molar-refractivity contribution in [1.29, 1.82) is 0 Å². The average Bonchev–Trinajstić information content (AvgIpc) is 2.88. The minimum Gasteiger partial charge on any atom is -0.481 e. The molecule has 0 bridgehead atoms. The number of aryl methyl sites for hydroxylation is 1. The fourth-order valence-corrected chi connectivity index (χ4v) is 3.48. The zero-order valence-electron chi connectivity index (χ0n) is 10.9. The van der Waals surface area contributed by atoms with Gasteiger partial charge in [-0.3, -0.25) is 9.78 Å². The van der Waals surface area contributed by atoms with Crippen LogP contribution in [0, 0.1) is 0 Å². The summed E-state index contributed by atoms with van der Waals surface area (Å²) < 4.78 is 0. The van der Waals surface area contributed by atoms with Gasteiger partial charge in [-0.1, -0.05) is 6.07 Å². The lowest BCUT2D eigenvalue weighted by molar-refractivity contribution is -0.139. The van der Waals surface area contributed by atoms with Crippen LogP contribution in [-0.4, -0.2) is 21.0 Å². The minimum atomic E-state index is -0.768. The van der Waals surface area contributed by atoms with E-state index in [1.165, 1.54) is 0 Å². The molecule has 2 N–H and O–H groups in total. The number of anilines is 1.